The average Bonchev–Trinajstić information content (AvgIpc) is 2.41. The lowest BCUT2D eigenvalue weighted by Crippen LogP contribution is -2.31. The molecule has 0 saturated carbocycles. The maximum absolute atomic E-state index is 12.7. The summed E-state index contributed by atoms with van der Waals surface area (Å²) < 4.78 is 65.8. The van der Waals surface area contributed by atoms with Gasteiger partial charge in [-0.25, -0.2) is 3.63 Å². The van der Waals surface area contributed by atoms with Gasteiger partial charge in [0.2, 0.25) is 0 Å². The highest BCUT2D eigenvalue weighted by molar-refractivity contribution is 8.33. The molecule has 0 heterocycles. The minimum absolute atomic E-state index is 0.203. The Hall–Kier alpha value is -0.280. The van der Waals surface area contributed by atoms with Gasteiger partial charge in [-0.1, -0.05) is 33.6 Å². The van der Waals surface area contributed by atoms with Gasteiger partial charge in [0.05, 0.1) is 5.75 Å². The molecule has 0 aromatic rings. The van der Waals surface area contributed by atoms with Crippen molar-refractivity contribution in [1.29, 1.82) is 0 Å². The Kier molecular flexibility index (Phi) is 9.76. The quantitative estimate of drug-likeness (QED) is 0.466. The summed E-state index contributed by atoms with van der Waals surface area (Å²) in [5, 5.41) is 0. The van der Waals surface area contributed by atoms with E-state index in [1.165, 1.54) is 0 Å². The van der Waals surface area contributed by atoms with Gasteiger partial charge < -0.3 is 0 Å². The highest BCUT2D eigenvalue weighted by Gasteiger charge is 2.51. The fourth-order valence-electron chi connectivity index (χ4n) is 2.03. The Morgan fingerprint density at radius 2 is 1.43 bits per heavy atom. The zero-order valence-electron chi connectivity index (χ0n) is 13.9. The molecule has 0 spiro atoms. The first kappa shape index (κ1) is 22.7. The number of ketones is 1. The molecule has 0 aromatic carbocycles. The van der Waals surface area contributed by atoms with Crippen molar-refractivity contribution in [3.63, 3.8) is 0 Å². The Balaban J connectivity index is 5.54. The molecule has 0 saturated heterocycles. The van der Waals surface area contributed by atoms with Crippen LogP contribution in [0.4, 0.5) is 13.2 Å². The molecular formula is C14H27F3O4S2. The van der Waals surface area contributed by atoms with Gasteiger partial charge in [-0.3, -0.25) is 4.79 Å². The molecule has 0 atom stereocenters. The molecule has 0 N–H and O–H groups in total. The van der Waals surface area contributed by atoms with Gasteiger partial charge in [0.15, 0.2) is 0 Å². The Morgan fingerprint density at radius 3 is 1.78 bits per heavy atom. The summed E-state index contributed by atoms with van der Waals surface area (Å²) in [6.07, 6.45) is 3.25. The van der Waals surface area contributed by atoms with Crippen molar-refractivity contribution in [3.8, 4) is 0 Å². The number of unbranched alkanes of at least 4 members (excludes halogenated alkanes) is 2. The van der Waals surface area contributed by atoms with Crippen LogP contribution in [0.15, 0.2) is 0 Å². The predicted octanol–water partition coefficient (Wildman–Crippen LogP) is 4.54. The van der Waals surface area contributed by atoms with Crippen molar-refractivity contribution in [1.82, 2.24) is 0 Å². The van der Waals surface area contributed by atoms with Crippen molar-refractivity contribution in [2.45, 2.75) is 64.8 Å². The summed E-state index contributed by atoms with van der Waals surface area (Å²) in [6, 6.07) is 0. The van der Waals surface area contributed by atoms with Crippen LogP contribution in [-0.4, -0.2) is 37.0 Å². The summed E-state index contributed by atoms with van der Waals surface area (Å²) >= 11 is 0. The fourth-order valence-corrected chi connectivity index (χ4v) is 7.45. The van der Waals surface area contributed by atoms with Crippen LogP contribution in [0.25, 0.3) is 0 Å². The number of carbonyl (C=O) groups is 1. The van der Waals surface area contributed by atoms with Crippen LogP contribution in [0, 0.1) is 0 Å². The number of alkyl halides is 3. The van der Waals surface area contributed by atoms with E-state index in [1.54, 1.807) is 6.92 Å². The first-order valence-electron chi connectivity index (χ1n) is 7.84. The van der Waals surface area contributed by atoms with Gasteiger partial charge in [0, 0.05) is 17.9 Å². The molecule has 0 aliphatic rings. The Bertz CT molecular complexity index is 453. The molecule has 0 aliphatic heterocycles. The second kappa shape index (κ2) is 9.88. The highest BCUT2D eigenvalue weighted by Crippen LogP contribution is 2.54. The molecule has 0 fully saturated rings. The largest absolute Gasteiger partial charge is 0.523 e. The molecule has 140 valence electrons. The molecule has 9 heteroatoms. The van der Waals surface area contributed by atoms with Gasteiger partial charge in [-0.15, -0.1) is 10.3 Å². The second-order valence-corrected chi connectivity index (χ2v) is 10.4. The third-order valence-corrected chi connectivity index (χ3v) is 8.56. The molecule has 0 rings (SSSR count). The molecule has 0 unspecified atom stereocenters. The molecular weight excluding hydrogens is 353 g/mol. The van der Waals surface area contributed by atoms with Gasteiger partial charge in [0.25, 0.3) is 0 Å². The molecule has 4 nitrogen and oxygen atoms in total. The molecule has 0 radical (unpaired) electrons. The van der Waals surface area contributed by atoms with Crippen LogP contribution in [-0.2, 0) is 18.5 Å². The van der Waals surface area contributed by atoms with E-state index in [1.807, 2.05) is 13.8 Å². The van der Waals surface area contributed by atoms with E-state index >= 15 is 0 Å². The number of carbonyl (C=O) groups excluding carboxylic acids is 1. The fraction of sp³-hybridized carbons (Fsp3) is 0.929. The number of Topliss-reactive ketones (excluding diaryl/α,β-unsaturated/α-hetero) is 1. The Morgan fingerprint density at radius 1 is 0.957 bits per heavy atom. The van der Waals surface area contributed by atoms with E-state index in [0.29, 0.717) is 32.1 Å². The maximum Gasteiger partial charge on any atom is 0.523 e. The smallest absolute Gasteiger partial charge is 0.299 e. The van der Waals surface area contributed by atoms with Crippen molar-refractivity contribution in [3.05, 3.63) is 0 Å². The van der Waals surface area contributed by atoms with Crippen LogP contribution < -0.4 is 0 Å². The van der Waals surface area contributed by atoms with Crippen LogP contribution in [0.5, 0.6) is 0 Å². The van der Waals surface area contributed by atoms with Crippen molar-refractivity contribution >= 4 is 26.2 Å². The maximum atomic E-state index is 12.7. The lowest BCUT2D eigenvalue weighted by atomic mass is 10.3. The number of hydrogen-bond donors (Lipinski definition) is 0. The summed E-state index contributed by atoms with van der Waals surface area (Å²) in [5.41, 5.74) is -5.46. The zero-order valence-corrected chi connectivity index (χ0v) is 15.6. The van der Waals surface area contributed by atoms with E-state index in [0.717, 1.165) is 0 Å². The third kappa shape index (κ3) is 7.89. The lowest BCUT2D eigenvalue weighted by molar-refractivity contribution is -0.116. The van der Waals surface area contributed by atoms with Gasteiger partial charge in [-0.05, 0) is 19.3 Å². The summed E-state index contributed by atoms with van der Waals surface area (Å²) in [7, 11) is -8.33. The van der Waals surface area contributed by atoms with Crippen LogP contribution in [0.2, 0.25) is 0 Å². The van der Waals surface area contributed by atoms with E-state index in [4.69, 9.17) is 3.63 Å². The standard InChI is InChI=1S/C14H27F3O4S2/c1-4-7-10-22(11-8-5-2,12-13(18)9-6-3)21-23(19,20)14(15,16)17/h4-12H2,1-3H3. The molecule has 0 aliphatic carbocycles. The predicted molar refractivity (Wildman–Crippen MR) is 88.0 cm³/mol. The average molecular weight is 380 g/mol. The summed E-state index contributed by atoms with van der Waals surface area (Å²) in [5.74, 6) is -0.0364. The first-order valence-corrected chi connectivity index (χ1v) is 11.3. The minimum atomic E-state index is -5.69. The monoisotopic (exact) mass is 380 g/mol. The number of hydrogen-bond acceptors (Lipinski definition) is 4. The number of rotatable bonds is 12. The molecule has 0 bridgehead atoms. The van der Waals surface area contributed by atoms with E-state index in [2.05, 4.69) is 0 Å². The van der Waals surface area contributed by atoms with Gasteiger partial charge in [-0.2, -0.15) is 21.6 Å². The molecule has 23 heavy (non-hydrogen) atoms. The third-order valence-electron chi connectivity index (χ3n) is 3.21. The Labute approximate surface area is 138 Å². The van der Waals surface area contributed by atoms with Crippen LogP contribution in [0.1, 0.15) is 59.3 Å². The first-order chi connectivity index (χ1) is 10.5. The summed E-state index contributed by atoms with van der Waals surface area (Å²) in [4.78, 5) is 12.0. The topological polar surface area (TPSA) is 60.4 Å². The van der Waals surface area contributed by atoms with Gasteiger partial charge >= 0.3 is 15.6 Å². The SMILES string of the molecule is CCCCS(CCCC)(CC(=O)CCC)OS(=O)(=O)C(F)(F)F. The van der Waals surface area contributed by atoms with Crippen LogP contribution >= 0.6 is 10.3 Å². The van der Waals surface area contributed by atoms with E-state index in [9.17, 15) is 26.4 Å². The normalized spacial score (nSPS) is 14.0. The second-order valence-electron chi connectivity index (χ2n) is 5.48. The van der Waals surface area contributed by atoms with Crippen molar-refractivity contribution in [2.24, 2.45) is 0 Å². The van der Waals surface area contributed by atoms with Gasteiger partial charge in [0.1, 0.15) is 5.78 Å². The highest BCUT2D eigenvalue weighted by atomic mass is 32.3. The van der Waals surface area contributed by atoms with Crippen LogP contribution in [0.3, 0.4) is 0 Å². The molecule has 0 amide bonds. The van der Waals surface area contributed by atoms with Crippen molar-refractivity contribution < 1.29 is 30.0 Å². The molecule has 0 aromatic heterocycles. The lowest BCUT2D eigenvalue weighted by Gasteiger charge is -2.38. The zero-order chi connectivity index (χ0) is 18.1. The van der Waals surface area contributed by atoms with E-state index in [-0.39, 0.29) is 29.5 Å². The van der Waals surface area contributed by atoms with Crippen molar-refractivity contribution in [2.75, 3.05) is 17.3 Å². The number of halogens is 3. The summed E-state index contributed by atoms with van der Waals surface area (Å²) in [6.45, 7) is 5.51. The van der Waals surface area contributed by atoms with E-state index < -0.39 is 25.9 Å². The minimum Gasteiger partial charge on any atom is -0.299 e.